The lowest BCUT2D eigenvalue weighted by Crippen LogP contribution is -2.48. The first-order valence-corrected chi connectivity index (χ1v) is 7.30. The summed E-state index contributed by atoms with van der Waals surface area (Å²) in [5, 5.41) is 9.11. The van der Waals surface area contributed by atoms with Gasteiger partial charge in [-0.05, 0) is 58.8 Å². The van der Waals surface area contributed by atoms with E-state index in [1.807, 2.05) is 13.8 Å². The second-order valence-corrected chi connectivity index (χ2v) is 7.15. The zero-order valence-corrected chi connectivity index (χ0v) is 12.7. The van der Waals surface area contributed by atoms with Gasteiger partial charge in [0.05, 0.1) is 0 Å². The van der Waals surface area contributed by atoms with Crippen LogP contribution < -0.4 is 0 Å². The molecule has 4 nitrogen and oxygen atoms in total. The molecule has 1 fully saturated rings. The lowest BCUT2D eigenvalue weighted by molar-refractivity contribution is -0.182. The van der Waals surface area contributed by atoms with Crippen LogP contribution in [0, 0.1) is 23.2 Å². The lowest BCUT2D eigenvalue weighted by atomic mass is 9.64. The van der Waals surface area contributed by atoms with Crippen molar-refractivity contribution in [2.24, 2.45) is 23.2 Å². The van der Waals surface area contributed by atoms with Crippen LogP contribution in [0.25, 0.3) is 0 Å². The summed E-state index contributed by atoms with van der Waals surface area (Å²) in [4.78, 5) is 23.3. The maximum Gasteiger partial charge on any atom is 0.323 e. The molecule has 0 aromatic rings. The number of carboxylic acids is 1. The van der Waals surface area contributed by atoms with Gasteiger partial charge in [0.15, 0.2) is 5.41 Å². The van der Waals surface area contributed by atoms with Gasteiger partial charge in [0, 0.05) is 5.92 Å². The minimum Gasteiger partial charge on any atom is -0.480 e. The minimum atomic E-state index is -1.50. The van der Waals surface area contributed by atoms with Crippen molar-refractivity contribution in [2.75, 3.05) is 0 Å². The van der Waals surface area contributed by atoms with E-state index >= 15 is 0 Å². The average molecular weight is 280 g/mol. The molecule has 1 saturated carbocycles. The number of carboxylic acid groups (broad SMARTS) is 1. The number of fused-ring (bicyclic) bond motifs is 2. The van der Waals surface area contributed by atoms with Gasteiger partial charge in [-0.1, -0.05) is 12.2 Å². The maximum atomic E-state index is 12.1. The number of hydrogen-bond acceptors (Lipinski definition) is 3. The molecule has 3 aliphatic carbocycles. The molecule has 1 N–H and O–H groups in total. The largest absolute Gasteiger partial charge is 0.480 e. The van der Waals surface area contributed by atoms with Gasteiger partial charge in [-0.15, -0.1) is 0 Å². The minimum absolute atomic E-state index is 0.278. The first-order valence-electron chi connectivity index (χ1n) is 7.30. The Labute approximate surface area is 120 Å². The molecular formula is C16H24O4. The maximum absolute atomic E-state index is 12.1. The van der Waals surface area contributed by atoms with Gasteiger partial charge in [0.2, 0.25) is 0 Å². The highest BCUT2D eigenvalue weighted by molar-refractivity contribution is 5.98. The van der Waals surface area contributed by atoms with Gasteiger partial charge in [-0.2, -0.15) is 0 Å². The SMILES string of the molecule is CC(C)(C(=O)O)C(=O)OC(C)(C)C1CC2C=CC1CC2. The third kappa shape index (κ3) is 2.60. The molecule has 0 aliphatic heterocycles. The predicted octanol–water partition coefficient (Wildman–Crippen LogP) is 3.02. The van der Waals surface area contributed by atoms with E-state index in [9.17, 15) is 9.59 Å². The number of aliphatic carboxylic acids is 1. The summed E-state index contributed by atoms with van der Waals surface area (Å²) in [5.41, 5.74) is -2.13. The van der Waals surface area contributed by atoms with E-state index in [-0.39, 0.29) is 5.92 Å². The quantitative estimate of drug-likeness (QED) is 0.488. The van der Waals surface area contributed by atoms with Crippen LogP contribution >= 0.6 is 0 Å². The van der Waals surface area contributed by atoms with Crippen LogP contribution in [0.3, 0.4) is 0 Å². The number of esters is 1. The van der Waals surface area contributed by atoms with Crippen LogP contribution in [0.2, 0.25) is 0 Å². The van der Waals surface area contributed by atoms with Crippen LogP contribution in [0.5, 0.6) is 0 Å². The Morgan fingerprint density at radius 1 is 1.15 bits per heavy atom. The van der Waals surface area contributed by atoms with Crippen LogP contribution in [-0.4, -0.2) is 22.6 Å². The summed E-state index contributed by atoms with van der Waals surface area (Å²) >= 11 is 0. The summed E-state index contributed by atoms with van der Waals surface area (Å²) in [5.74, 6) is -0.505. The Bertz CT molecular complexity index is 447. The monoisotopic (exact) mass is 280 g/mol. The molecule has 0 heterocycles. The molecule has 0 spiro atoms. The standard InChI is InChI=1S/C16H24O4/c1-15(2,13(17)18)14(19)20-16(3,4)12-9-10-5-7-11(12)8-6-10/h5,7,10-12H,6,8-9H2,1-4H3,(H,17,18). The molecule has 3 atom stereocenters. The van der Waals surface area contributed by atoms with Crippen molar-refractivity contribution >= 4 is 11.9 Å². The zero-order chi connectivity index (χ0) is 15.1. The zero-order valence-electron chi connectivity index (χ0n) is 12.7. The van der Waals surface area contributed by atoms with Crippen molar-refractivity contribution in [3.63, 3.8) is 0 Å². The van der Waals surface area contributed by atoms with E-state index < -0.39 is 23.0 Å². The van der Waals surface area contributed by atoms with E-state index in [1.165, 1.54) is 20.3 Å². The Morgan fingerprint density at radius 3 is 2.20 bits per heavy atom. The van der Waals surface area contributed by atoms with Crippen LogP contribution in [0.1, 0.15) is 47.0 Å². The smallest absolute Gasteiger partial charge is 0.323 e. The van der Waals surface area contributed by atoms with Crippen molar-refractivity contribution in [1.29, 1.82) is 0 Å². The second-order valence-electron chi connectivity index (χ2n) is 7.15. The Morgan fingerprint density at radius 2 is 1.80 bits per heavy atom. The number of carbonyl (C=O) groups excluding carboxylic acids is 1. The lowest BCUT2D eigenvalue weighted by Gasteiger charge is -2.46. The van der Waals surface area contributed by atoms with Gasteiger partial charge in [0.1, 0.15) is 5.60 Å². The summed E-state index contributed by atoms with van der Waals surface area (Å²) in [6, 6.07) is 0. The van der Waals surface area contributed by atoms with Gasteiger partial charge >= 0.3 is 11.9 Å². The van der Waals surface area contributed by atoms with Gasteiger partial charge in [-0.25, -0.2) is 0 Å². The molecule has 112 valence electrons. The molecular weight excluding hydrogens is 256 g/mol. The average Bonchev–Trinajstić information content (AvgIpc) is 2.39. The summed E-state index contributed by atoms with van der Waals surface area (Å²) in [7, 11) is 0. The highest BCUT2D eigenvalue weighted by Crippen LogP contribution is 2.46. The van der Waals surface area contributed by atoms with E-state index in [0.717, 1.165) is 12.8 Å². The molecule has 3 unspecified atom stereocenters. The van der Waals surface area contributed by atoms with Crippen molar-refractivity contribution in [1.82, 2.24) is 0 Å². The van der Waals surface area contributed by atoms with E-state index in [0.29, 0.717) is 11.8 Å². The van der Waals surface area contributed by atoms with Crippen LogP contribution in [0.15, 0.2) is 12.2 Å². The van der Waals surface area contributed by atoms with Gasteiger partial charge < -0.3 is 9.84 Å². The van der Waals surface area contributed by atoms with Gasteiger partial charge in [0.25, 0.3) is 0 Å². The Kier molecular flexibility index (Phi) is 3.69. The number of ether oxygens (including phenoxy) is 1. The van der Waals surface area contributed by atoms with Crippen LogP contribution in [-0.2, 0) is 14.3 Å². The second kappa shape index (κ2) is 4.90. The fourth-order valence-corrected chi connectivity index (χ4v) is 3.26. The van der Waals surface area contributed by atoms with Gasteiger partial charge in [-0.3, -0.25) is 9.59 Å². The fraction of sp³-hybridized carbons (Fsp3) is 0.750. The first-order chi connectivity index (χ1) is 9.14. The normalized spacial score (nSPS) is 29.3. The van der Waals surface area contributed by atoms with Crippen molar-refractivity contribution in [3.8, 4) is 0 Å². The number of carbonyl (C=O) groups is 2. The predicted molar refractivity (Wildman–Crippen MR) is 75.0 cm³/mol. The molecule has 3 rings (SSSR count). The van der Waals surface area contributed by atoms with Crippen molar-refractivity contribution in [2.45, 2.75) is 52.6 Å². The van der Waals surface area contributed by atoms with E-state index in [4.69, 9.17) is 9.84 Å². The van der Waals surface area contributed by atoms with E-state index in [1.54, 1.807) is 0 Å². The van der Waals surface area contributed by atoms with Crippen molar-refractivity contribution < 1.29 is 19.4 Å². The molecule has 4 heteroatoms. The molecule has 0 aromatic heterocycles. The van der Waals surface area contributed by atoms with Crippen LogP contribution in [0.4, 0.5) is 0 Å². The number of hydrogen-bond donors (Lipinski definition) is 1. The highest BCUT2D eigenvalue weighted by Gasteiger charge is 2.46. The summed E-state index contributed by atoms with van der Waals surface area (Å²) in [6.07, 6.45) is 7.87. The number of allylic oxidation sites excluding steroid dienone is 2. The molecule has 0 aromatic carbocycles. The molecule has 0 amide bonds. The van der Waals surface area contributed by atoms with Crippen molar-refractivity contribution in [3.05, 3.63) is 12.2 Å². The summed E-state index contributed by atoms with van der Waals surface area (Å²) in [6.45, 7) is 6.59. The molecule has 0 saturated heterocycles. The fourth-order valence-electron chi connectivity index (χ4n) is 3.26. The first kappa shape index (κ1) is 15.1. The Balaban J connectivity index is 2.10. The molecule has 2 bridgehead atoms. The topological polar surface area (TPSA) is 63.6 Å². The number of rotatable bonds is 4. The Hall–Kier alpha value is -1.32. The molecule has 3 aliphatic rings. The molecule has 20 heavy (non-hydrogen) atoms. The third-order valence-electron chi connectivity index (χ3n) is 4.87. The molecule has 0 radical (unpaired) electrons. The third-order valence-corrected chi connectivity index (χ3v) is 4.87. The van der Waals surface area contributed by atoms with E-state index in [2.05, 4.69) is 12.2 Å². The summed E-state index contributed by atoms with van der Waals surface area (Å²) < 4.78 is 5.60. The highest BCUT2D eigenvalue weighted by atomic mass is 16.6.